The molecule has 0 atom stereocenters. The number of ether oxygens (including phenoxy) is 1. The number of carbonyl (C=O) groups excluding carboxylic acids is 1. The van der Waals surface area contributed by atoms with E-state index in [2.05, 4.69) is 0 Å². The Hall–Kier alpha value is -0.800. The maximum Gasteiger partial charge on any atom is 0.350 e. The molecular formula is C8H5ClO2S. The Kier molecular flexibility index (Phi) is 1.90. The lowest BCUT2D eigenvalue weighted by molar-refractivity contribution is -0.135. The normalized spacial score (nSPS) is 16.9. The molecule has 0 saturated heterocycles. The summed E-state index contributed by atoms with van der Waals surface area (Å²) in [5.41, 5.74) is 0.802. The lowest BCUT2D eigenvalue weighted by Crippen LogP contribution is -1.93. The van der Waals surface area contributed by atoms with E-state index in [1.54, 1.807) is 11.3 Å². The zero-order valence-corrected chi connectivity index (χ0v) is 7.61. The number of rotatable bonds is 1. The SMILES string of the molecule is O=C1OCC(c2cccs2)=C1Cl. The van der Waals surface area contributed by atoms with E-state index >= 15 is 0 Å². The molecule has 0 spiro atoms. The molecule has 0 bridgehead atoms. The first-order valence-electron chi connectivity index (χ1n) is 3.38. The second-order valence-corrected chi connectivity index (χ2v) is 3.67. The van der Waals surface area contributed by atoms with Crippen LogP contribution in [-0.4, -0.2) is 12.6 Å². The van der Waals surface area contributed by atoms with E-state index in [4.69, 9.17) is 16.3 Å². The molecule has 12 heavy (non-hydrogen) atoms. The van der Waals surface area contributed by atoms with Crippen molar-refractivity contribution in [1.29, 1.82) is 0 Å². The number of carbonyl (C=O) groups is 1. The van der Waals surface area contributed by atoms with Crippen LogP contribution in [0.2, 0.25) is 0 Å². The fourth-order valence-electron chi connectivity index (χ4n) is 1.02. The van der Waals surface area contributed by atoms with Gasteiger partial charge in [-0.25, -0.2) is 4.79 Å². The van der Waals surface area contributed by atoms with Crippen LogP contribution < -0.4 is 0 Å². The van der Waals surface area contributed by atoms with E-state index in [9.17, 15) is 4.79 Å². The van der Waals surface area contributed by atoms with Crippen molar-refractivity contribution in [2.24, 2.45) is 0 Å². The van der Waals surface area contributed by atoms with Crippen molar-refractivity contribution in [1.82, 2.24) is 0 Å². The minimum atomic E-state index is -0.417. The van der Waals surface area contributed by atoms with Crippen LogP contribution in [0.1, 0.15) is 4.88 Å². The van der Waals surface area contributed by atoms with E-state index in [0.717, 1.165) is 10.5 Å². The first-order chi connectivity index (χ1) is 5.79. The van der Waals surface area contributed by atoms with Crippen LogP contribution in [0.5, 0.6) is 0 Å². The second-order valence-electron chi connectivity index (χ2n) is 2.35. The van der Waals surface area contributed by atoms with Crippen molar-refractivity contribution in [3.05, 3.63) is 27.4 Å². The molecule has 2 rings (SSSR count). The smallest absolute Gasteiger partial charge is 0.350 e. The highest BCUT2D eigenvalue weighted by atomic mass is 35.5. The largest absolute Gasteiger partial charge is 0.456 e. The van der Waals surface area contributed by atoms with Gasteiger partial charge in [-0.05, 0) is 11.4 Å². The predicted octanol–water partition coefficient (Wildman–Crippen LogP) is 2.25. The molecule has 0 aliphatic carbocycles. The second kappa shape index (κ2) is 2.92. The Morgan fingerprint density at radius 1 is 1.58 bits per heavy atom. The summed E-state index contributed by atoms with van der Waals surface area (Å²) in [4.78, 5) is 11.9. The molecule has 1 aromatic heterocycles. The molecule has 1 aromatic rings. The van der Waals surface area contributed by atoms with Crippen molar-refractivity contribution in [2.75, 3.05) is 6.61 Å². The molecule has 0 fully saturated rings. The minimum absolute atomic E-state index is 0.220. The van der Waals surface area contributed by atoms with Crippen LogP contribution >= 0.6 is 22.9 Å². The highest BCUT2D eigenvalue weighted by Crippen LogP contribution is 2.30. The quantitative estimate of drug-likeness (QED) is 0.650. The molecule has 0 radical (unpaired) electrons. The van der Waals surface area contributed by atoms with Crippen LogP contribution in [0.25, 0.3) is 5.57 Å². The molecule has 2 heterocycles. The molecule has 0 aromatic carbocycles. The molecule has 2 nitrogen and oxygen atoms in total. The Bertz CT molecular complexity index is 340. The highest BCUT2D eigenvalue weighted by Gasteiger charge is 2.24. The molecule has 0 saturated carbocycles. The Labute approximate surface area is 78.4 Å². The maximum atomic E-state index is 10.9. The lowest BCUT2D eigenvalue weighted by atomic mass is 10.2. The van der Waals surface area contributed by atoms with E-state index in [1.165, 1.54) is 0 Å². The molecule has 0 unspecified atom stereocenters. The van der Waals surface area contributed by atoms with Gasteiger partial charge < -0.3 is 4.74 Å². The number of cyclic esters (lactones) is 1. The average molecular weight is 201 g/mol. The van der Waals surface area contributed by atoms with Crippen LogP contribution in [0.4, 0.5) is 0 Å². The van der Waals surface area contributed by atoms with E-state index < -0.39 is 5.97 Å². The number of thiophene rings is 1. The number of hydrogen-bond donors (Lipinski definition) is 0. The Morgan fingerprint density at radius 2 is 2.42 bits per heavy atom. The van der Waals surface area contributed by atoms with E-state index in [0.29, 0.717) is 6.61 Å². The topological polar surface area (TPSA) is 26.3 Å². The predicted molar refractivity (Wildman–Crippen MR) is 48.1 cm³/mol. The maximum absolute atomic E-state index is 10.9. The van der Waals surface area contributed by atoms with Gasteiger partial charge in [0.25, 0.3) is 0 Å². The number of hydrogen-bond acceptors (Lipinski definition) is 3. The third-order valence-electron chi connectivity index (χ3n) is 1.61. The van der Waals surface area contributed by atoms with Gasteiger partial charge in [0.15, 0.2) is 0 Å². The van der Waals surface area contributed by atoms with Crippen LogP contribution in [0.15, 0.2) is 22.5 Å². The van der Waals surface area contributed by atoms with Gasteiger partial charge in [-0.15, -0.1) is 11.3 Å². The van der Waals surface area contributed by atoms with Crippen LogP contribution in [0.3, 0.4) is 0 Å². The highest BCUT2D eigenvalue weighted by molar-refractivity contribution is 7.11. The van der Waals surface area contributed by atoms with Crippen molar-refractivity contribution < 1.29 is 9.53 Å². The summed E-state index contributed by atoms with van der Waals surface area (Å²) in [6, 6.07) is 3.84. The van der Waals surface area contributed by atoms with Gasteiger partial charge in [-0.2, -0.15) is 0 Å². The standard InChI is InChI=1S/C8H5ClO2S/c9-7-5(4-11-8(7)10)6-2-1-3-12-6/h1-3H,4H2. The Morgan fingerprint density at radius 3 is 2.92 bits per heavy atom. The zero-order chi connectivity index (χ0) is 8.55. The molecule has 62 valence electrons. The summed E-state index contributed by atoms with van der Waals surface area (Å²) >= 11 is 7.28. The van der Waals surface area contributed by atoms with Gasteiger partial charge >= 0.3 is 5.97 Å². The third kappa shape index (κ3) is 1.15. The van der Waals surface area contributed by atoms with Gasteiger partial charge in [0.1, 0.15) is 11.6 Å². The summed E-state index contributed by atoms with van der Waals surface area (Å²) in [6.07, 6.45) is 0. The fourth-order valence-corrected chi connectivity index (χ4v) is 2.05. The first kappa shape index (κ1) is 7.83. The van der Waals surface area contributed by atoms with Gasteiger partial charge in [-0.3, -0.25) is 0 Å². The molecular weight excluding hydrogens is 196 g/mol. The monoisotopic (exact) mass is 200 g/mol. The first-order valence-corrected chi connectivity index (χ1v) is 4.64. The van der Waals surface area contributed by atoms with Crippen molar-refractivity contribution in [2.45, 2.75) is 0 Å². The van der Waals surface area contributed by atoms with Crippen molar-refractivity contribution in [3.63, 3.8) is 0 Å². The van der Waals surface area contributed by atoms with Gasteiger partial charge in [0.05, 0.1) is 0 Å². The minimum Gasteiger partial charge on any atom is -0.456 e. The summed E-state index contributed by atoms with van der Waals surface area (Å²) in [5, 5.41) is 2.16. The van der Waals surface area contributed by atoms with Gasteiger partial charge in [0.2, 0.25) is 0 Å². The summed E-state index contributed by atoms with van der Waals surface area (Å²) in [6.45, 7) is 0.304. The third-order valence-corrected chi connectivity index (χ3v) is 2.92. The number of halogens is 1. The van der Waals surface area contributed by atoms with Crippen molar-refractivity contribution >= 4 is 34.5 Å². The van der Waals surface area contributed by atoms with Crippen LogP contribution in [-0.2, 0) is 9.53 Å². The Balaban J connectivity index is 2.43. The molecule has 1 aliphatic heterocycles. The average Bonchev–Trinajstić information content (AvgIpc) is 2.64. The van der Waals surface area contributed by atoms with Gasteiger partial charge in [0, 0.05) is 10.5 Å². The molecule has 0 N–H and O–H groups in total. The summed E-state index contributed by atoms with van der Waals surface area (Å²) in [5.74, 6) is -0.417. The molecule has 4 heteroatoms. The molecule has 1 aliphatic rings. The van der Waals surface area contributed by atoms with E-state index in [-0.39, 0.29) is 5.03 Å². The van der Waals surface area contributed by atoms with E-state index in [1.807, 2.05) is 17.5 Å². The number of esters is 1. The summed E-state index contributed by atoms with van der Waals surface area (Å²) < 4.78 is 4.76. The zero-order valence-electron chi connectivity index (χ0n) is 6.04. The summed E-state index contributed by atoms with van der Waals surface area (Å²) in [7, 11) is 0. The fraction of sp³-hybridized carbons (Fsp3) is 0.125. The van der Waals surface area contributed by atoms with Crippen molar-refractivity contribution in [3.8, 4) is 0 Å². The molecule has 0 amide bonds. The van der Waals surface area contributed by atoms with Gasteiger partial charge in [-0.1, -0.05) is 17.7 Å². The van der Waals surface area contributed by atoms with Crippen LogP contribution in [0, 0.1) is 0 Å². The lowest BCUT2D eigenvalue weighted by Gasteiger charge is -1.92.